The molecule has 1 aromatic rings. The highest BCUT2D eigenvalue weighted by Gasteiger charge is 2.33. The highest BCUT2D eigenvalue weighted by molar-refractivity contribution is 5.85. The minimum Gasteiger partial charge on any atom is -0.335 e. The average molecular weight is 313 g/mol. The number of benzene rings is 1. The molecule has 3 nitrogen and oxygen atoms in total. The van der Waals surface area contributed by atoms with Gasteiger partial charge in [0.2, 0.25) is 5.91 Å². The Balaban J connectivity index is 0.00000161. The Morgan fingerprint density at radius 2 is 1.95 bits per heavy atom. The number of carbonyl (C=O) groups excluding carboxylic acids is 1. The van der Waals surface area contributed by atoms with Crippen LogP contribution in [-0.4, -0.2) is 29.4 Å². The van der Waals surface area contributed by atoms with Crippen LogP contribution in [0.3, 0.4) is 0 Å². The SMILES string of the molecule is Cl.O=C(CC1CCCN1)N(Cc1ccc(F)cc1)C1CC1. The maximum absolute atomic E-state index is 12.9. The second-order valence-electron chi connectivity index (χ2n) is 5.88. The fourth-order valence-corrected chi connectivity index (χ4v) is 2.85. The van der Waals surface area contributed by atoms with E-state index in [0.29, 0.717) is 25.0 Å². The zero-order chi connectivity index (χ0) is 13.9. The maximum Gasteiger partial charge on any atom is 0.224 e. The van der Waals surface area contributed by atoms with Crippen LogP contribution in [0.5, 0.6) is 0 Å². The van der Waals surface area contributed by atoms with E-state index in [-0.39, 0.29) is 24.1 Å². The molecule has 0 radical (unpaired) electrons. The zero-order valence-electron chi connectivity index (χ0n) is 12.1. The summed E-state index contributed by atoms with van der Waals surface area (Å²) in [4.78, 5) is 14.4. The number of halogens is 2. The number of carbonyl (C=O) groups is 1. The Morgan fingerprint density at radius 1 is 1.24 bits per heavy atom. The fraction of sp³-hybridized carbons (Fsp3) is 0.562. The van der Waals surface area contributed by atoms with Gasteiger partial charge in [-0.1, -0.05) is 12.1 Å². The van der Waals surface area contributed by atoms with E-state index in [1.165, 1.54) is 18.6 Å². The summed E-state index contributed by atoms with van der Waals surface area (Å²) < 4.78 is 12.9. The summed E-state index contributed by atoms with van der Waals surface area (Å²) in [6.45, 7) is 1.63. The Hall–Kier alpha value is -1.13. The van der Waals surface area contributed by atoms with Crippen molar-refractivity contribution in [1.29, 1.82) is 0 Å². The smallest absolute Gasteiger partial charge is 0.224 e. The van der Waals surface area contributed by atoms with Crippen molar-refractivity contribution in [2.45, 2.75) is 50.7 Å². The molecule has 1 aliphatic heterocycles. The van der Waals surface area contributed by atoms with Gasteiger partial charge in [0.05, 0.1) is 0 Å². The van der Waals surface area contributed by atoms with Crippen molar-refractivity contribution in [3.05, 3.63) is 35.6 Å². The first-order valence-corrected chi connectivity index (χ1v) is 7.49. The van der Waals surface area contributed by atoms with E-state index in [0.717, 1.165) is 31.4 Å². The maximum atomic E-state index is 12.9. The Kier molecular flexibility index (Phi) is 5.59. The quantitative estimate of drug-likeness (QED) is 0.906. The molecule has 0 aromatic heterocycles. The van der Waals surface area contributed by atoms with Crippen molar-refractivity contribution in [3.8, 4) is 0 Å². The van der Waals surface area contributed by atoms with Crippen LogP contribution in [0.2, 0.25) is 0 Å². The lowest BCUT2D eigenvalue weighted by molar-refractivity contribution is -0.132. The molecule has 116 valence electrons. The number of amides is 1. The lowest BCUT2D eigenvalue weighted by atomic mass is 10.1. The number of hydrogen-bond acceptors (Lipinski definition) is 2. The molecule has 2 aliphatic rings. The van der Waals surface area contributed by atoms with Gasteiger partial charge in [0.25, 0.3) is 0 Å². The van der Waals surface area contributed by atoms with Crippen LogP contribution >= 0.6 is 12.4 Å². The standard InChI is InChI=1S/C16H21FN2O.ClH/c17-13-5-3-12(4-6-13)11-19(15-7-8-15)16(20)10-14-2-1-9-18-14;/h3-6,14-15,18H,1-2,7-11H2;1H. The lowest BCUT2D eigenvalue weighted by Crippen LogP contribution is -2.37. The first-order valence-electron chi connectivity index (χ1n) is 7.49. The van der Waals surface area contributed by atoms with Gasteiger partial charge in [-0.2, -0.15) is 0 Å². The molecular formula is C16H22ClFN2O. The molecule has 1 heterocycles. The van der Waals surface area contributed by atoms with E-state index < -0.39 is 0 Å². The van der Waals surface area contributed by atoms with E-state index in [2.05, 4.69) is 5.32 Å². The third-order valence-corrected chi connectivity index (χ3v) is 4.16. The van der Waals surface area contributed by atoms with Crippen LogP contribution < -0.4 is 5.32 Å². The largest absolute Gasteiger partial charge is 0.335 e. The average Bonchev–Trinajstić information content (AvgIpc) is 3.15. The third kappa shape index (κ3) is 4.42. The second-order valence-corrected chi connectivity index (χ2v) is 5.88. The predicted octanol–water partition coefficient (Wildman–Crippen LogP) is 2.88. The van der Waals surface area contributed by atoms with Gasteiger partial charge in [0.1, 0.15) is 5.82 Å². The summed E-state index contributed by atoms with van der Waals surface area (Å²) in [5.74, 6) is 0.00410. The summed E-state index contributed by atoms with van der Waals surface area (Å²) >= 11 is 0. The lowest BCUT2D eigenvalue weighted by Gasteiger charge is -2.24. The van der Waals surface area contributed by atoms with E-state index >= 15 is 0 Å². The molecule has 1 atom stereocenters. The van der Waals surface area contributed by atoms with E-state index in [4.69, 9.17) is 0 Å². The van der Waals surface area contributed by atoms with Gasteiger partial charge in [-0.15, -0.1) is 12.4 Å². The first kappa shape index (κ1) is 16.2. The molecule has 1 unspecified atom stereocenters. The van der Waals surface area contributed by atoms with Crippen LogP contribution in [0.15, 0.2) is 24.3 Å². The van der Waals surface area contributed by atoms with Gasteiger partial charge in [-0.3, -0.25) is 4.79 Å². The van der Waals surface area contributed by atoms with Crippen molar-refractivity contribution in [2.24, 2.45) is 0 Å². The van der Waals surface area contributed by atoms with Gasteiger partial charge in [-0.25, -0.2) is 4.39 Å². The zero-order valence-corrected chi connectivity index (χ0v) is 12.9. The topological polar surface area (TPSA) is 32.3 Å². The molecule has 0 bridgehead atoms. The number of nitrogens with zero attached hydrogens (tertiary/aromatic N) is 1. The molecule has 21 heavy (non-hydrogen) atoms. The van der Waals surface area contributed by atoms with Crippen LogP contribution in [0.4, 0.5) is 4.39 Å². The van der Waals surface area contributed by atoms with Gasteiger partial charge >= 0.3 is 0 Å². The number of rotatable bonds is 5. The first-order chi connectivity index (χ1) is 9.72. The van der Waals surface area contributed by atoms with Crippen LogP contribution in [-0.2, 0) is 11.3 Å². The molecule has 3 rings (SSSR count). The fourth-order valence-electron chi connectivity index (χ4n) is 2.85. The van der Waals surface area contributed by atoms with Crippen LogP contribution in [0.1, 0.15) is 37.7 Å². The molecule has 1 saturated carbocycles. The van der Waals surface area contributed by atoms with Gasteiger partial charge in [0, 0.05) is 25.0 Å². The van der Waals surface area contributed by atoms with Crippen molar-refractivity contribution in [3.63, 3.8) is 0 Å². The van der Waals surface area contributed by atoms with Gasteiger partial charge in [-0.05, 0) is 49.9 Å². The predicted molar refractivity (Wildman–Crippen MR) is 82.9 cm³/mol. The molecular weight excluding hydrogens is 291 g/mol. The number of hydrogen-bond donors (Lipinski definition) is 1. The molecule has 0 spiro atoms. The van der Waals surface area contributed by atoms with Gasteiger partial charge < -0.3 is 10.2 Å². The summed E-state index contributed by atoms with van der Waals surface area (Å²) in [6, 6.07) is 7.20. The monoisotopic (exact) mass is 312 g/mol. The Labute approximate surface area is 131 Å². The van der Waals surface area contributed by atoms with E-state index in [1.807, 2.05) is 4.90 Å². The highest BCUT2D eigenvalue weighted by atomic mass is 35.5. The normalized spacial score (nSPS) is 20.9. The molecule has 2 fully saturated rings. The van der Waals surface area contributed by atoms with Gasteiger partial charge in [0.15, 0.2) is 0 Å². The third-order valence-electron chi connectivity index (χ3n) is 4.16. The van der Waals surface area contributed by atoms with Crippen molar-refractivity contribution in [2.75, 3.05) is 6.54 Å². The summed E-state index contributed by atoms with van der Waals surface area (Å²) in [5.41, 5.74) is 1.01. The molecule has 1 N–H and O–H groups in total. The minimum absolute atomic E-state index is 0. The molecule has 1 amide bonds. The minimum atomic E-state index is -0.229. The van der Waals surface area contributed by atoms with Crippen LogP contribution in [0.25, 0.3) is 0 Å². The molecule has 5 heteroatoms. The van der Waals surface area contributed by atoms with Crippen molar-refractivity contribution in [1.82, 2.24) is 10.2 Å². The highest BCUT2D eigenvalue weighted by Crippen LogP contribution is 2.29. The summed E-state index contributed by atoms with van der Waals surface area (Å²) in [7, 11) is 0. The van der Waals surface area contributed by atoms with E-state index in [9.17, 15) is 9.18 Å². The summed E-state index contributed by atoms with van der Waals surface area (Å²) in [6.07, 6.45) is 5.06. The molecule has 1 aliphatic carbocycles. The number of nitrogens with one attached hydrogen (secondary N) is 1. The van der Waals surface area contributed by atoms with Crippen LogP contribution in [0, 0.1) is 5.82 Å². The van der Waals surface area contributed by atoms with Crippen molar-refractivity contribution >= 4 is 18.3 Å². The second kappa shape index (κ2) is 7.23. The molecule has 1 saturated heterocycles. The Bertz CT molecular complexity index is 470. The molecule has 1 aromatic carbocycles. The Morgan fingerprint density at radius 3 is 2.52 bits per heavy atom. The van der Waals surface area contributed by atoms with E-state index in [1.54, 1.807) is 12.1 Å². The summed E-state index contributed by atoms with van der Waals surface area (Å²) in [5, 5.41) is 3.38. The van der Waals surface area contributed by atoms with Crippen molar-refractivity contribution < 1.29 is 9.18 Å².